The number of nitrogens with one attached hydrogen (secondary N) is 1. The molecule has 0 fully saturated rings. The Balaban J connectivity index is 1.61. The van der Waals surface area contributed by atoms with Gasteiger partial charge in [-0.25, -0.2) is 4.39 Å². The fourth-order valence-corrected chi connectivity index (χ4v) is 3.94. The topological polar surface area (TPSA) is 34.0 Å². The molecular formula is C25H22ClFN2O. The minimum absolute atomic E-state index is 0.0628. The van der Waals surface area contributed by atoms with Crippen LogP contribution in [0.4, 0.5) is 4.39 Å². The van der Waals surface area contributed by atoms with Crippen LogP contribution < -0.4 is 5.32 Å². The van der Waals surface area contributed by atoms with Gasteiger partial charge in [-0.1, -0.05) is 54.1 Å². The minimum Gasteiger partial charge on any atom is -0.352 e. The van der Waals surface area contributed by atoms with E-state index in [1.165, 1.54) is 12.1 Å². The van der Waals surface area contributed by atoms with Crippen molar-refractivity contribution in [3.05, 3.63) is 107 Å². The Morgan fingerprint density at radius 1 is 1.03 bits per heavy atom. The maximum atomic E-state index is 13.1. The summed E-state index contributed by atoms with van der Waals surface area (Å²) in [5, 5.41) is 4.75. The number of aromatic nitrogens is 1. The van der Waals surface area contributed by atoms with E-state index in [0.29, 0.717) is 18.0 Å². The second-order valence-electron chi connectivity index (χ2n) is 7.42. The van der Waals surface area contributed by atoms with E-state index in [2.05, 4.69) is 28.2 Å². The zero-order valence-corrected chi connectivity index (χ0v) is 17.4. The fourth-order valence-electron chi connectivity index (χ4n) is 3.81. The summed E-state index contributed by atoms with van der Waals surface area (Å²) in [6, 6.07) is 22.0. The molecule has 1 N–H and O–H groups in total. The number of hydrogen-bond acceptors (Lipinski definition) is 1. The fraction of sp³-hybridized carbons (Fsp3) is 0.160. The summed E-state index contributed by atoms with van der Waals surface area (Å²) in [5.41, 5.74) is 4.12. The van der Waals surface area contributed by atoms with Crippen LogP contribution >= 0.6 is 11.6 Å². The Hall–Kier alpha value is -3.11. The van der Waals surface area contributed by atoms with Crippen molar-refractivity contribution in [3.8, 4) is 0 Å². The Morgan fingerprint density at radius 3 is 2.47 bits per heavy atom. The molecule has 1 amide bonds. The molecule has 4 rings (SSSR count). The van der Waals surface area contributed by atoms with Crippen LogP contribution in [-0.2, 0) is 18.4 Å². The first kappa shape index (κ1) is 20.2. The maximum absolute atomic E-state index is 13.1. The number of halogens is 2. The molecule has 0 aliphatic rings. The first-order valence-corrected chi connectivity index (χ1v) is 10.2. The largest absolute Gasteiger partial charge is 0.352 e. The van der Waals surface area contributed by atoms with E-state index in [1.54, 1.807) is 12.1 Å². The zero-order chi connectivity index (χ0) is 21.1. The van der Waals surface area contributed by atoms with Gasteiger partial charge in [0.1, 0.15) is 5.82 Å². The Morgan fingerprint density at radius 2 is 1.73 bits per heavy atom. The lowest BCUT2D eigenvalue weighted by Crippen LogP contribution is -2.25. The number of fused-ring (bicyclic) bond motifs is 1. The van der Waals surface area contributed by atoms with E-state index in [-0.39, 0.29) is 17.6 Å². The van der Waals surface area contributed by atoms with Crippen LogP contribution in [0.2, 0.25) is 5.02 Å². The van der Waals surface area contributed by atoms with E-state index < -0.39 is 0 Å². The van der Waals surface area contributed by atoms with Gasteiger partial charge in [-0.05, 0) is 47.0 Å². The maximum Gasteiger partial charge on any atom is 0.221 e. The molecule has 1 atom stereocenters. The van der Waals surface area contributed by atoms with Crippen LogP contribution in [0.5, 0.6) is 0 Å². The molecule has 30 heavy (non-hydrogen) atoms. The number of amides is 1. The second-order valence-corrected chi connectivity index (χ2v) is 7.86. The average molecular weight is 421 g/mol. The van der Waals surface area contributed by atoms with Gasteiger partial charge in [-0.2, -0.15) is 0 Å². The van der Waals surface area contributed by atoms with Gasteiger partial charge in [0.15, 0.2) is 0 Å². The van der Waals surface area contributed by atoms with Crippen LogP contribution in [0, 0.1) is 5.82 Å². The number of rotatable bonds is 6. The molecule has 1 aromatic heterocycles. The molecular weight excluding hydrogens is 399 g/mol. The minimum atomic E-state index is -0.288. The van der Waals surface area contributed by atoms with Gasteiger partial charge in [-0.3, -0.25) is 4.79 Å². The third-order valence-corrected chi connectivity index (χ3v) is 5.62. The average Bonchev–Trinajstić information content (AvgIpc) is 3.09. The monoisotopic (exact) mass is 420 g/mol. The normalized spacial score (nSPS) is 12.1. The van der Waals surface area contributed by atoms with Gasteiger partial charge in [-0.15, -0.1) is 0 Å². The Bertz CT molecular complexity index is 1170. The standard InChI is InChI=1S/C25H22ClFN2O/c1-29-16-23(21-4-2-3-5-24(21)29)22(18-8-10-19(26)11-9-18)14-25(30)28-15-17-6-12-20(27)13-7-17/h2-13,16,22H,14-15H2,1H3,(H,28,30)/t22-/m1/s1. The smallest absolute Gasteiger partial charge is 0.221 e. The lowest BCUT2D eigenvalue weighted by Gasteiger charge is -2.17. The first-order chi connectivity index (χ1) is 14.5. The lowest BCUT2D eigenvalue weighted by atomic mass is 9.88. The van der Waals surface area contributed by atoms with Crippen molar-refractivity contribution in [1.82, 2.24) is 9.88 Å². The highest BCUT2D eigenvalue weighted by Crippen LogP contribution is 2.34. The SMILES string of the molecule is Cn1cc([C@H](CC(=O)NCc2ccc(F)cc2)c2ccc(Cl)cc2)c2ccccc21. The van der Waals surface area contributed by atoms with Gasteiger partial charge in [0, 0.05) is 48.1 Å². The molecule has 0 radical (unpaired) electrons. The molecule has 5 heteroatoms. The predicted molar refractivity (Wildman–Crippen MR) is 119 cm³/mol. The van der Waals surface area contributed by atoms with Crippen LogP contribution in [0.3, 0.4) is 0 Å². The van der Waals surface area contributed by atoms with Crippen molar-refractivity contribution in [3.63, 3.8) is 0 Å². The van der Waals surface area contributed by atoms with Crippen molar-refractivity contribution in [1.29, 1.82) is 0 Å². The van der Waals surface area contributed by atoms with E-state index in [4.69, 9.17) is 11.6 Å². The zero-order valence-electron chi connectivity index (χ0n) is 16.6. The summed E-state index contributed by atoms with van der Waals surface area (Å²) >= 11 is 6.09. The van der Waals surface area contributed by atoms with Crippen LogP contribution in [0.25, 0.3) is 10.9 Å². The van der Waals surface area contributed by atoms with Gasteiger partial charge in [0.25, 0.3) is 0 Å². The van der Waals surface area contributed by atoms with Crippen molar-refractivity contribution in [2.24, 2.45) is 7.05 Å². The van der Waals surface area contributed by atoms with Crippen molar-refractivity contribution >= 4 is 28.4 Å². The van der Waals surface area contributed by atoms with Crippen molar-refractivity contribution in [2.45, 2.75) is 18.9 Å². The molecule has 1 heterocycles. The van der Waals surface area contributed by atoms with Gasteiger partial charge in [0.2, 0.25) is 5.91 Å². The molecule has 3 aromatic carbocycles. The number of carbonyl (C=O) groups is 1. The van der Waals surface area contributed by atoms with E-state index in [1.807, 2.05) is 43.4 Å². The predicted octanol–water partition coefficient (Wildman–Crippen LogP) is 5.81. The summed E-state index contributed by atoms with van der Waals surface area (Å²) in [6.45, 7) is 0.363. The molecule has 0 saturated heterocycles. The highest BCUT2D eigenvalue weighted by atomic mass is 35.5. The van der Waals surface area contributed by atoms with Crippen LogP contribution in [0.15, 0.2) is 79.0 Å². The summed E-state index contributed by atoms with van der Waals surface area (Å²) < 4.78 is 15.2. The summed E-state index contributed by atoms with van der Waals surface area (Å²) in [5.74, 6) is -0.461. The molecule has 0 bridgehead atoms. The third-order valence-electron chi connectivity index (χ3n) is 5.37. The van der Waals surface area contributed by atoms with Crippen molar-refractivity contribution < 1.29 is 9.18 Å². The molecule has 0 unspecified atom stereocenters. The highest BCUT2D eigenvalue weighted by molar-refractivity contribution is 6.30. The number of hydrogen-bond donors (Lipinski definition) is 1. The molecule has 0 spiro atoms. The number of nitrogens with zero attached hydrogens (tertiary/aromatic N) is 1. The molecule has 152 valence electrons. The second kappa shape index (κ2) is 8.72. The summed E-state index contributed by atoms with van der Waals surface area (Å²) in [4.78, 5) is 12.8. The first-order valence-electron chi connectivity index (χ1n) is 9.82. The van der Waals surface area contributed by atoms with Gasteiger partial charge >= 0.3 is 0 Å². The lowest BCUT2D eigenvalue weighted by molar-refractivity contribution is -0.121. The Kier molecular flexibility index (Phi) is 5.86. The Labute approximate surface area is 180 Å². The van der Waals surface area contributed by atoms with E-state index in [0.717, 1.165) is 27.6 Å². The number of benzene rings is 3. The molecule has 0 aliphatic heterocycles. The number of carbonyl (C=O) groups excluding carboxylic acids is 1. The third kappa shape index (κ3) is 4.39. The van der Waals surface area contributed by atoms with Crippen LogP contribution in [0.1, 0.15) is 29.0 Å². The molecule has 0 saturated carbocycles. The summed E-state index contributed by atoms with van der Waals surface area (Å²) in [7, 11) is 2.01. The summed E-state index contributed by atoms with van der Waals surface area (Å²) in [6.07, 6.45) is 2.40. The number of para-hydroxylation sites is 1. The van der Waals surface area contributed by atoms with E-state index >= 15 is 0 Å². The van der Waals surface area contributed by atoms with Crippen molar-refractivity contribution in [2.75, 3.05) is 0 Å². The van der Waals surface area contributed by atoms with E-state index in [9.17, 15) is 9.18 Å². The van der Waals surface area contributed by atoms with Gasteiger partial charge in [0.05, 0.1) is 0 Å². The molecule has 0 aliphatic carbocycles. The molecule has 4 aromatic rings. The number of aryl methyl sites for hydroxylation is 1. The quantitative estimate of drug-likeness (QED) is 0.419. The molecule has 3 nitrogen and oxygen atoms in total. The highest BCUT2D eigenvalue weighted by Gasteiger charge is 2.22. The van der Waals surface area contributed by atoms with Gasteiger partial charge < -0.3 is 9.88 Å². The van der Waals surface area contributed by atoms with Crippen LogP contribution in [-0.4, -0.2) is 10.5 Å².